The predicted molar refractivity (Wildman–Crippen MR) is 56.3 cm³/mol. The molecule has 0 aromatic heterocycles. The van der Waals surface area contributed by atoms with E-state index in [4.69, 9.17) is 9.47 Å². The number of aliphatic hydroxyl groups is 1. The molecule has 1 heterocycles. The fourth-order valence-corrected chi connectivity index (χ4v) is 1.87. The van der Waals surface area contributed by atoms with Gasteiger partial charge < -0.3 is 14.6 Å². The van der Waals surface area contributed by atoms with Crippen LogP contribution in [-0.4, -0.2) is 24.1 Å². The van der Waals surface area contributed by atoms with Gasteiger partial charge in [-0.15, -0.1) is 0 Å². The fraction of sp³-hybridized carbons (Fsp3) is 0.500. The Labute approximate surface area is 89.6 Å². The zero-order valence-corrected chi connectivity index (χ0v) is 9.06. The van der Waals surface area contributed by atoms with Crippen LogP contribution in [0.2, 0.25) is 0 Å². The molecular formula is C12H16O3. The largest absolute Gasteiger partial charge is 0.393 e. The van der Waals surface area contributed by atoms with E-state index in [1.165, 1.54) is 0 Å². The average Bonchev–Trinajstić information content (AvgIpc) is 2.57. The van der Waals surface area contributed by atoms with Crippen molar-refractivity contribution in [1.29, 1.82) is 0 Å². The average molecular weight is 208 g/mol. The molecule has 1 atom stereocenters. The molecule has 1 N–H and O–H groups in total. The quantitative estimate of drug-likeness (QED) is 0.803. The van der Waals surface area contributed by atoms with Crippen LogP contribution in [0.15, 0.2) is 30.3 Å². The van der Waals surface area contributed by atoms with Gasteiger partial charge in [-0.05, 0) is 19.4 Å². The SMILES string of the molecule is CC1(C)OC[C@](CO)(c2ccccc2)O1. The van der Waals surface area contributed by atoms with Crippen molar-refractivity contribution < 1.29 is 14.6 Å². The van der Waals surface area contributed by atoms with Crippen molar-refractivity contribution in [2.45, 2.75) is 25.2 Å². The van der Waals surface area contributed by atoms with E-state index in [0.717, 1.165) is 5.56 Å². The molecule has 0 bridgehead atoms. The van der Waals surface area contributed by atoms with Gasteiger partial charge in [-0.3, -0.25) is 0 Å². The molecule has 3 nitrogen and oxygen atoms in total. The van der Waals surface area contributed by atoms with Gasteiger partial charge in [0.15, 0.2) is 5.79 Å². The first-order valence-electron chi connectivity index (χ1n) is 5.09. The minimum Gasteiger partial charge on any atom is -0.393 e. The highest BCUT2D eigenvalue weighted by molar-refractivity contribution is 5.24. The molecule has 1 aromatic carbocycles. The van der Waals surface area contributed by atoms with E-state index in [1.807, 2.05) is 44.2 Å². The molecule has 0 aliphatic carbocycles. The first-order chi connectivity index (χ1) is 7.08. The highest BCUT2D eigenvalue weighted by Gasteiger charge is 2.46. The Balaban J connectivity index is 2.32. The molecule has 1 aliphatic rings. The van der Waals surface area contributed by atoms with E-state index in [-0.39, 0.29) is 6.61 Å². The zero-order chi connectivity index (χ0) is 10.9. The molecule has 0 saturated carbocycles. The second-order valence-corrected chi connectivity index (χ2v) is 4.31. The molecule has 15 heavy (non-hydrogen) atoms. The third kappa shape index (κ3) is 1.91. The molecule has 1 saturated heterocycles. The third-order valence-electron chi connectivity index (χ3n) is 2.65. The van der Waals surface area contributed by atoms with Crippen molar-refractivity contribution in [3.63, 3.8) is 0 Å². The Kier molecular flexibility index (Phi) is 2.54. The molecule has 1 aliphatic heterocycles. The van der Waals surface area contributed by atoms with E-state index in [1.54, 1.807) is 0 Å². The van der Waals surface area contributed by atoms with Crippen molar-refractivity contribution >= 4 is 0 Å². The zero-order valence-electron chi connectivity index (χ0n) is 9.06. The standard InChI is InChI=1S/C12H16O3/c1-11(2)14-9-12(8-13,15-11)10-6-4-3-5-7-10/h3-7,13H,8-9H2,1-2H3/t12-/m1/s1. The molecule has 1 aromatic rings. The van der Waals surface area contributed by atoms with Crippen molar-refractivity contribution in [3.05, 3.63) is 35.9 Å². The highest BCUT2D eigenvalue weighted by Crippen LogP contribution is 2.38. The van der Waals surface area contributed by atoms with Gasteiger partial charge in [0.05, 0.1) is 13.2 Å². The van der Waals surface area contributed by atoms with Crippen LogP contribution in [0.1, 0.15) is 19.4 Å². The second kappa shape index (κ2) is 3.59. The van der Waals surface area contributed by atoms with Crippen LogP contribution < -0.4 is 0 Å². The molecule has 0 unspecified atom stereocenters. The van der Waals surface area contributed by atoms with E-state index in [2.05, 4.69) is 0 Å². The van der Waals surface area contributed by atoms with Crippen molar-refractivity contribution in [3.8, 4) is 0 Å². The number of hydrogen-bond acceptors (Lipinski definition) is 3. The van der Waals surface area contributed by atoms with Gasteiger partial charge in [-0.2, -0.15) is 0 Å². The van der Waals surface area contributed by atoms with Gasteiger partial charge in [0.2, 0.25) is 0 Å². The first-order valence-corrected chi connectivity index (χ1v) is 5.09. The van der Waals surface area contributed by atoms with E-state index in [9.17, 15) is 5.11 Å². The van der Waals surface area contributed by atoms with Gasteiger partial charge in [-0.1, -0.05) is 30.3 Å². The summed E-state index contributed by atoms with van der Waals surface area (Å²) >= 11 is 0. The van der Waals surface area contributed by atoms with Gasteiger partial charge in [0.1, 0.15) is 5.60 Å². The molecule has 2 rings (SSSR count). The molecule has 3 heteroatoms. The summed E-state index contributed by atoms with van der Waals surface area (Å²) in [6.45, 7) is 4.03. The smallest absolute Gasteiger partial charge is 0.164 e. The minimum atomic E-state index is -0.704. The summed E-state index contributed by atoms with van der Waals surface area (Å²) in [5.41, 5.74) is 0.253. The molecule has 0 radical (unpaired) electrons. The Bertz CT molecular complexity index is 334. The van der Waals surface area contributed by atoms with Crippen LogP contribution in [0.25, 0.3) is 0 Å². The van der Waals surface area contributed by atoms with Gasteiger partial charge in [0, 0.05) is 0 Å². The molecular weight excluding hydrogens is 192 g/mol. The fourth-order valence-electron chi connectivity index (χ4n) is 1.87. The Morgan fingerprint density at radius 3 is 2.40 bits per heavy atom. The Morgan fingerprint density at radius 2 is 1.93 bits per heavy atom. The first kappa shape index (κ1) is 10.6. The Hall–Kier alpha value is -0.900. The lowest BCUT2D eigenvalue weighted by Gasteiger charge is -2.27. The minimum absolute atomic E-state index is 0.0690. The van der Waals surface area contributed by atoms with E-state index in [0.29, 0.717) is 6.61 Å². The lowest BCUT2D eigenvalue weighted by molar-refractivity contribution is -0.172. The number of aliphatic hydroxyl groups excluding tert-OH is 1. The van der Waals surface area contributed by atoms with Crippen molar-refractivity contribution in [1.82, 2.24) is 0 Å². The van der Waals surface area contributed by atoms with E-state index < -0.39 is 11.4 Å². The lowest BCUT2D eigenvalue weighted by Crippen LogP contribution is -2.35. The molecule has 82 valence electrons. The summed E-state index contributed by atoms with van der Waals surface area (Å²) in [4.78, 5) is 0. The second-order valence-electron chi connectivity index (χ2n) is 4.31. The maximum atomic E-state index is 9.50. The topological polar surface area (TPSA) is 38.7 Å². The van der Waals surface area contributed by atoms with Crippen LogP contribution in [0, 0.1) is 0 Å². The molecule has 1 fully saturated rings. The summed E-state index contributed by atoms with van der Waals surface area (Å²) in [7, 11) is 0. The van der Waals surface area contributed by atoms with Crippen LogP contribution >= 0.6 is 0 Å². The van der Waals surface area contributed by atoms with Crippen LogP contribution in [-0.2, 0) is 15.1 Å². The monoisotopic (exact) mass is 208 g/mol. The Morgan fingerprint density at radius 1 is 1.27 bits per heavy atom. The summed E-state index contributed by atoms with van der Waals surface area (Å²) < 4.78 is 11.3. The number of hydrogen-bond donors (Lipinski definition) is 1. The normalized spacial score (nSPS) is 29.3. The van der Waals surface area contributed by atoms with Crippen molar-refractivity contribution in [2.24, 2.45) is 0 Å². The molecule has 0 spiro atoms. The summed E-state index contributed by atoms with van der Waals surface area (Å²) in [6.07, 6.45) is 0. The van der Waals surface area contributed by atoms with Gasteiger partial charge in [-0.25, -0.2) is 0 Å². The lowest BCUT2D eigenvalue weighted by atomic mass is 9.96. The number of rotatable bonds is 2. The number of ether oxygens (including phenoxy) is 2. The summed E-state index contributed by atoms with van der Waals surface area (Å²) in [5, 5.41) is 9.50. The van der Waals surface area contributed by atoms with Crippen LogP contribution in [0.3, 0.4) is 0 Å². The summed E-state index contributed by atoms with van der Waals surface area (Å²) in [5.74, 6) is -0.626. The predicted octanol–water partition coefficient (Wildman–Crippen LogP) is 1.66. The molecule has 0 amide bonds. The van der Waals surface area contributed by atoms with Crippen LogP contribution in [0.5, 0.6) is 0 Å². The summed E-state index contributed by atoms with van der Waals surface area (Å²) in [6, 6.07) is 9.69. The number of benzene rings is 1. The van der Waals surface area contributed by atoms with E-state index >= 15 is 0 Å². The van der Waals surface area contributed by atoms with Crippen LogP contribution in [0.4, 0.5) is 0 Å². The maximum absolute atomic E-state index is 9.50. The third-order valence-corrected chi connectivity index (χ3v) is 2.65. The maximum Gasteiger partial charge on any atom is 0.164 e. The highest BCUT2D eigenvalue weighted by atomic mass is 16.8. The van der Waals surface area contributed by atoms with Gasteiger partial charge >= 0.3 is 0 Å². The van der Waals surface area contributed by atoms with Crippen molar-refractivity contribution in [2.75, 3.05) is 13.2 Å². The van der Waals surface area contributed by atoms with Gasteiger partial charge in [0.25, 0.3) is 0 Å².